The summed E-state index contributed by atoms with van der Waals surface area (Å²) in [6, 6.07) is 13.3. The summed E-state index contributed by atoms with van der Waals surface area (Å²) in [7, 11) is 0. The predicted octanol–water partition coefficient (Wildman–Crippen LogP) is 1.56. The lowest BCUT2D eigenvalue weighted by Gasteiger charge is -2.30. The van der Waals surface area contributed by atoms with Crippen molar-refractivity contribution in [3.63, 3.8) is 0 Å². The number of amides is 11. The molecule has 20 N–H and O–H groups in total. The number of primary amides is 1. The number of phenolic OH excluding ortho intramolecular Hbond substituents is 1. The minimum atomic E-state index is -1.83. The molecule has 0 unspecified atom stereocenters. The van der Waals surface area contributed by atoms with Crippen LogP contribution in [0.15, 0.2) is 113 Å². The molecule has 31 nitrogen and oxygen atoms in total. The van der Waals surface area contributed by atoms with Crippen molar-refractivity contribution in [3.05, 3.63) is 136 Å². The van der Waals surface area contributed by atoms with E-state index in [-0.39, 0.29) is 94.9 Å². The van der Waals surface area contributed by atoms with Crippen molar-refractivity contribution in [3.8, 4) is 5.75 Å². The first-order valence-electron chi connectivity index (χ1n) is 36.4. The number of rotatable bonds is 43. The number of H-pyrrole nitrogens is 1. The van der Waals surface area contributed by atoms with E-state index in [0.717, 1.165) is 12.8 Å². The van der Waals surface area contributed by atoms with Crippen LogP contribution in [0.2, 0.25) is 10.0 Å². The number of aliphatic hydroxyl groups excluding tert-OH is 1. The lowest BCUT2D eigenvalue weighted by Crippen LogP contribution is -2.61. The van der Waals surface area contributed by atoms with Gasteiger partial charge >= 0.3 is 0 Å². The van der Waals surface area contributed by atoms with E-state index in [2.05, 4.69) is 73.5 Å². The molecule has 1 aliphatic rings. The molecule has 0 bridgehead atoms. The summed E-state index contributed by atoms with van der Waals surface area (Å²) in [4.78, 5) is 169. The number of halogens is 2. The Balaban J connectivity index is 1.31. The van der Waals surface area contributed by atoms with E-state index >= 15 is 14.4 Å². The topological polar surface area (TPSA) is 482 Å². The lowest BCUT2D eigenvalue weighted by atomic mass is 10.00. The van der Waals surface area contributed by atoms with E-state index in [1.54, 1.807) is 79.0 Å². The molecule has 1 aliphatic heterocycles. The number of fused-ring (bicyclic) bond motifs is 1. The van der Waals surface area contributed by atoms with Crippen LogP contribution >= 0.6 is 23.2 Å². The summed E-state index contributed by atoms with van der Waals surface area (Å²) in [5.74, 6) is -8.77. The van der Waals surface area contributed by atoms with Crippen LogP contribution in [0.3, 0.4) is 0 Å². The minimum absolute atomic E-state index is 0.000616. The van der Waals surface area contributed by atoms with Gasteiger partial charge in [-0.2, -0.15) is 0 Å². The Kier molecular flexibility index (Phi) is 35.6. The molecule has 1 saturated heterocycles. The summed E-state index contributed by atoms with van der Waals surface area (Å²) >= 11 is 12.4. The van der Waals surface area contributed by atoms with Gasteiger partial charge in [-0.3, -0.25) is 62.7 Å². The number of nitrogens with two attached hydrogens (primary N) is 3. The Morgan fingerprint density at radius 3 is 1.59 bits per heavy atom. The van der Waals surface area contributed by atoms with Crippen molar-refractivity contribution in [2.45, 2.75) is 179 Å². The number of nitrogens with one attached hydrogen (secondary N) is 12. The molecule has 586 valence electrons. The quantitative estimate of drug-likeness (QED) is 0.0150. The van der Waals surface area contributed by atoms with Crippen LogP contribution in [0, 0.1) is 5.92 Å². The first kappa shape index (κ1) is 86.4. The monoisotopic (exact) mass is 1530 g/mol. The molecule has 1 aromatic heterocycles. The highest BCUT2D eigenvalue weighted by molar-refractivity contribution is 6.30. The number of aromatic nitrogens is 1. The van der Waals surface area contributed by atoms with Gasteiger partial charge < -0.3 is 95.8 Å². The Morgan fingerprint density at radius 1 is 0.556 bits per heavy atom. The SMILES string of the molecule is CCCN=C(NCCC)NCCCC[C@@H](NC(=O)[C@H](Cc1ccc(O)cc1)NC(=O)[C@H](CO)NC(=O)[C@@H](Cc1c[nH]c2ccccc12)NC(=O)[C@@H](Cc1ccc(Cl)cc1)NC(=O)[C@@H](Cc1ccc(Cl)cc1)NC(C)=O)C(=O)N[C@@H](CC(C)C)C(=O)N[C@@H](CCCN=C(N)N)C(=O)N1CCC[C@H]1C(=O)NCC(N)=O. The van der Waals surface area contributed by atoms with Gasteiger partial charge in [-0.25, -0.2) is 0 Å². The molecule has 6 rings (SSSR count). The van der Waals surface area contributed by atoms with E-state index in [1.165, 1.54) is 36.1 Å². The summed E-state index contributed by atoms with van der Waals surface area (Å²) in [5, 5.41) is 53.8. The fourth-order valence-electron chi connectivity index (χ4n) is 12.1. The normalized spacial score (nSPS) is 15.0. The summed E-state index contributed by atoms with van der Waals surface area (Å²) < 4.78 is 0. The minimum Gasteiger partial charge on any atom is -0.508 e. The lowest BCUT2D eigenvalue weighted by molar-refractivity contribution is -0.142. The van der Waals surface area contributed by atoms with Crippen LogP contribution in [0.4, 0.5) is 0 Å². The smallest absolute Gasteiger partial charge is 0.245 e. The number of aromatic amines is 1. The third-order valence-electron chi connectivity index (χ3n) is 17.6. The zero-order chi connectivity index (χ0) is 78.8. The first-order chi connectivity index (χ1) is 51.6. The van der Waals surface area contributed by atoms with Crippen molar-refractivity contribution >= 4 is 111 Å². The number of unbranched alkanes of at least 4 members (excludes halogenated alkanes) is 1. The number of carbonyl (C=O) groups is 11. The van der Waals surface area contributed by atoms with Gasteiger partial charge in [0.05, 0.1) is 13.2 Å². The maximum Gasteiger partial charge on any atom is 0.245 e. The fraction of sp³-hybridized carbons (Fsp3) is 0.480. The van der Waals surface area contributed by atoms with Crippen molar-refractivity contribution in [1.29, 1.82) is 0 Å². The maximum absolute atomic E-state index is 15.2. The number of hydrogen-bond acceptors (Lipinski definition) is 15. The molecule has 0 spiro atoms. The van der Waals surface area contributed by atoms with Crippen molar-refractivity contribution < 1.29 is 63.0 Å². The number of para-hydroxylation sites is 1. The molecule has 11 amide bonds. The van der Waals surface area contributed by atoms with Gasteiger partial charge in [0.25, 0.3) is 0 Å². The van der Waals surface area contributed by atoms with E-state index in [9.17, 15) is 48.6 Å². The van der Waals surface area contributed by atoms with E-state index < -0.39 is 133 Å². The van der Waals surface area contributed by atoms with Gasteiger partial charge in [0.2, 0.25) is 65.0 Å². The molecule has 4 aromatic carbocycles. The molecule has 0 saturated carbocycles. The molecular weight excluding hydrogens is 1430 g/mol. The maximum atomic E-state index is 15.2. The summed E-state index contributed by atoms with van der Waals surface area (Å²) in [6.45, 7) is 9.15. The second kappa shape index (κ2) is 44.6. The summed E-state index contributed by atoms with van der Waals surface area (Å²) in [5.41, 5.74) is 19.3. The van der Waals surface area contributed by atoms with Crippen molar-refractivity contribution in [2.24, 2.45) is 33.1 Å². The Morgan fingerprint density at radius 2 is 1.05 bits per heavy atom. The second-order valence-electron chi connectivity index (χ2n) is 27.0. The number of aliphatic hydroxyl groups is 1. The average molecular weight is 1540 g/mol. The number of phenols is 1. The highest BCUT2D eigenvalue weighted by atomic mass is 35.5. The summed E-state index contributed by atoms with van der Waals surface area (Å²) in [6.07, 6.45) is 4.18. The standard InChI is InChI=1S/C75H104Cl2N18O13/c1-6-31-82-75(83-32-7-2)84-33-11-10-16-55(65(100)90-57(36-44(3)4)66(101)89-56(17-12-34-81-74(79)80)73(108)95-35-13-18-63(95)72(107)86-42-64(78)99)88-68(103)59(39-48-23-29-52(98)30-24-48)92-71(106)62(43-96)94-70(105)61(40-49-41-85-54-15-9-8-14-53(49)54)93-69(104)60(38-47-21-27-51(77)28-22-47)91-67(102)58(87-45(5)97)37-46-19-25-50(76)26-20-46/h8-9,14-15,19-30,41,44,55-63,85,96,98H,6-7,10-13,16-18,31-40,42-43H2,1-5H3,(H2,78,99)(H,86,107)(H,87,97)(H,88,103)(H,89,101)(H,90,100)(H,91,102)(H,92,106)(H,93,104)(H,94,105)(H4,79,80,81)(H2,82,83,84)/t55-,56+,57+,58-,59+,60-,61-,62+,63+/m1/s1. The van der Waals surface area contributed by atoms with Crippen LogP contribution in [-0.4, -0.2) is 197 Å². The number of nitrogens with zero attached hydrogens (tertiary/aromatic N) is 3. The first-order valence-corrected chi connectivity index (χ1v) is 37.2. The van der Waals surface area contributed by atoms with Gasteiger partial charge in [-0.1, -0.05) is 105 Å². The number of hydrogen-bond donors (Lipinski definition) is 17. The second-order valence-corrected chi connectivity index (χ2v) is 27.9. The molecule has 1 fully saturated rings. The third kappa shape index (κ3) is 29.0. The van der Waals surface area contributed by atoms with Crippen LogP contribution in [0.5, 0.6) is 5.75 Å². The largest absolute Gasteiger partial charge is 0.508 e. The van der Waals surface area contributed by atoms with Crippen LogP contribution in [0.1, 0.15) is 121 Å². The molecule has 33 heteroatoms. The zero-order valence-corrected chi connectivity index (χ0v) is 63.2. The van der Waals surface area contributed by atoms with Crippen molar-refractivity contribution in [2.75, 3.05) is 45.9 Å². The number of aliphatic imine (C=N–C) groups is 2. The molecular formula is C75H104Cl2N18O13. The van der Waals surface area contributed by atoms with Gasteiger partial charge in [-0.15, -0.1) is 0 Å². The number of carbonyl (C=O) groups excluding carboxylic acids is 11. The predicted molar refractivity (Wildman–Crippen MR) is 411 cm³/mol. The van der Waals surface area contributed by atoms with Crippen LogP contribution < -0.4 is 75.7 Å². The number of benzene rings is 4. The fourth-order valence-corrected chi connectivity index (χ4v) is 12.4. The van der Waals surface area contributed by atoms with Crippen LogP contribution in [-0.2, 0) is 78.4 Å². The Hall–Kier alpha value is -10.5. The third-order valence-corrected chi connectivity index (χ3v) is 18.2. The Bertz CT molecular complexity index is 3890. The van der Waals surface area contributed by atoms with E-state index in [1.807, 2.05) is 27.7 Å². The molecule has 9 atom stereocenters. The molecule has 5 aromatic rings. The molecule has 0 radical (unpaired) electrons. The number of aromatic hydroxyl groups is 1. The van der Waals surface area contributed by atoms with Crippen molar-refractivity contribution in [1.82, 2.24) is 68.4 Å². The molecule has 2 heterocycles. The molecule has 108 heavy (non-hydrogen) atoms. The molecule has 0 aliphatic carbocycles. The van der Waals surface area contributed by atoms with Gasteiger partial charge in [-0.05, 0) is 135 Å². The number of likely N-dealkylation sites (tertiary alicyclic amines) is 1. The highest BCUT2D eigenvalue weighted by Crippen LogP contribution is 2.23. The van der Waals surface area contributed by atoms with Gasteiger partial charge in [0, 0.05) is 92.5 Å². The van der Waals surface area contributed by atoms with Crippen LogP contribution in [0.25, 0.3) is 10.9 Å². The Labute approximate surface area is 638 Å². The van der Waals surface area contributed by atoms with E-state index in [4.69, 9.17) is 40.4 Å². The zero-order valence-electron chi connectivity index (χ0n) is 61.7. The number of guanidine groups is 2. The van der Waals surface area contributed by atoms with Gasteiger partial charge in [0.1, 0.15) is 60.1 Å². The van der Waals surface area contributed by atoms with Gasteiger partial charge in [0.15, 0.2) is 11.9 Å². The van der Waals surface area contributed by atoms with E-state index in [0.29, 0.717) is 81.6 Å². The average Bonchev–Trinajstić information content (AvgIpc) is 1.62. The highest BCUT2D eigenvalue weighted by Gasteiger charge is 2.40.